The summed E-state index contributed by atoms with van der Waals surface area (Å²) in [7, 11) is 0. The Bertz CT molecular complexity index is 450. The van der Waals surface area contributed by atoms with Gasteiger partial charge in [0.05, 0.1) is 4.86 Å². The maximum Gasteiger partial charge on any atom is 0.0521 e. The lowest BCUT2D eigenvalue weighted by atomic mass is 10.0. The number of thiocarbonyl (C=S) groups is 1. The minimum atomic E-state index is 0.896. The van der Waals surface area contributed by atoms with Crippen LogP contribution in [0.15, 0.2) is 53.0 Å². The Morgan fingerprint density at radius 1 is 0.875 bits per heavy atom. The number of benzene rings is 2. The highest BCUT2D eigenvalue weighted by molar-refractivity contribution is 9.10. The molecule has 2 heteroatoms. The predicted molar refractivity (Wildman–Crippen MR) is 76.1 cm³/mol. The van der Waals surface area contributed by atoms with E-state index >= 15 is 0 Å². The molecule has 0 heterocycles. The Morgan fingerprint density at radius 3 is 1.81 bits per heavy atom. The normalized spacial score (nSPS) is 10.1. The van der Waals surface area contributed by atoms with Crippen LogP contribution < -0.4 is 0 Å². The molecule has 0 spiro atoms. The summed E-state index contributed by atoms with van der Waals surface area (Å²) in [5.41, 5.74) is 3.44. The zero-order valence-electron chi connectivity index (χ0n) is 8.91. The van der Waals surface area contributed by atoms with Crippen molar-refractivity contribution >= 4 is 33.0 Å². The van der Waals surface area contributed by atoms with Gasteiger partial charge >= 0.3 is 0 Å². The van der Waals surface area contributed by atoms with Crippen LogP contribution in [0.1, 0.15) is 16.7 Å². The van der Waals surface area contributed by atoms with Crippen LogP contribution in [0.4, 0.5) is 0 Å². The lowest BCUT2D eigenvalue weighted by Crippen LogP contribution is -1.98. The van der Waals surface area contributed by atoms with Crippen molar-refractivity contribution in [3.63, 3.8) is 0 Å². The second-order valence-corrected chi connectivity index (χ2v) is 5.03. The van der Waals surface area contributed by atoms with Gasteiger partial charge in [0.15, 0.2) is 0 Å². The van der Waals surface area contributed by atoms with Gasteiger partial charge < -0.3 is 0 Å². The van der Waals surface area contributed by atoms with E-state index in [0.717, 1.165) is 20.5 Å². The highest BCUT2D eigenvalue weighted by Crippen LogP contribution is 2.15. The van der Waals surface area contributed by atoms with Crippen molar-refractivity contribution in [2.45, 2.75) is 6.92 Å². The van der Waals surface area contributed by atoms with Crippen LogP contribution in [0, 0.1) is 6.92 Å². The average Bonchev–Trinajstić information content (AvgIpc) is 2.30. The van der Waals surface area contributed by atoms with Crippen LogP contribution in [0.2, 0.25) is 0 Å². The Hall–Kier alpha value is -0.990. The Morgan fingerprint density at radius 2 is 1.31 bits per heavy atom. The second-order valence-electron chi connectivity index (χ2n) is 3.70. The van der Waals surface area contributed by atoms with Crippen molar-refractivity contribution in [1.82, 2.24) is 0 Å². The zero-order valence-corrected chi connectivity index (χ0v) is 11.3. The minimum Gasteiger partial charge on any atom is -0.0788 e. The summed E-state index contributed by atoms with van der Waals surface area (Å²) in [4.78, 5) is 0.896. The summed E-state index contributed by atoms with van der Waals surface area (Å²) in [5, 5.41) is 0. The molecule has 0 aliphatic carbocycles. The molecule has 0 unspecified atom stereocenters. The van der Waals surface area contributed by atoms with Gasteiger partial charge in [-0.1, -0.05) is 70.1 Å². The van der Waals surface area contributed by atoms with Gasteiger partial charge in [0.25, 0.3) is 0 Å². The first-order chi connectivity index (χ1) is 7.66. The molecule has 2 aromatic rings. The molecule has 16 heavy (non-hydrogen) atoms. The highest BCUT2D eigenvalue weighted by atomic mass is 79.9. The molecule has 0 N–H and O–H groups in total. The monoisotopic (exact) mass is 290 g/mol. The standard InChI is InChI=1S/C14H11BrS/c1-10-2-4-11(5-3-10)14(16)12-6-8-13(15)9-7-12/h2-9H,1H3. The topological polar surface area (TPSA) is 0 Å². The third kappa shape index (κ3) is 2.57. The fourth-order valence-electron chi connectivity index (χ4n) is 1.47. The van der Waals surface area contributed by atoms with E-state index in [-0.39, 0.29) is 0 Å². The molecule has 0 aromatic heterocycles. The first-order valence-electron chi connectivity index (χ1n) is 5.04. The number of rotatable bonds is 2. The van der Waals surface area contributed by atoms with Crippen molar-refractivity contribution in [2.75, 3.05) is 0 Å². The molecule has 2 rings (SSSR count). The van der Waals surface area contributed by atoms with E-state index in [1.807, 2.05) is 24.3 Å². The zero-order chi connectivity index (χ0) is 11.5. The molecule has 0 saturated carbocycles. The molecule has 0 saturated heterocycles. The summed E-state index contributed by atoms with van der Waals surface area (Å²) >= 11 is 8.88. The smallest absolute Gasteiger partial charge is 0.0521 e. The summed E-state index contributed by atoms with van der Waals surface area (Å²) < 4.78 is 1.07. The van der Waals surface area contributed by atoms with Gasteiger partial charge in [0.2, 0.25) is 0 Å². The predicted octanol–water partition coefficient (Wildman–Crippen LogP) is 4.52. The quantitative estimate of drug-likeness (QED) is 0.579. The first kappa shape index (κ1) is 11.5. The number of hydrogen-bond acceptors (Lipinski definition) is 1. The number of halogens is 1. The van der Waals surface area contributed by atoms with Crippen molar-refractivity contribution in [3.05, 3.63) is 69.7 Å². The Labute approximate surface area is 109 Å². The fourth-order valence-corrected chi connectivity index (χ4v) is 2.01. The SMILES string of the molecule is Cc1ccc(C(=S)c2ccc(Br)cc2)cc1. The van der Waals surface area contributed by atoms with Crippen molar-refractivity contribution in [2.24, 2.45) is 0 Å². The van der Waals surface area contributed by atoms with Crippen molar-refractivity contribution in [3.8, 4) is 0 Å². The van der Waals surface area contributed by atoms with E-state index in [4.69, 9.17) is 12.2 Å². The second kappa shape index (κ2) is 4.89. The van der Waals surface area contributed by atoms with Gasteiger partial charge in [-0.05, 0) is 30.2 Å². The number of hydrogen-bond donors (Lipinski definition) is 0. The highest BCUT2D eigenvalue weighted by Gasteiger charge is 2.03. The minimum absolute atomic E-state index is 0.896. The summed E-state index contributed by atoms with van der Waals surface area (Å²) in [6, 6.07) is 16.4. The molecule has 0 atom stereocenters. The van der Waals surface area contributed by atoms with E-state index in [9.17, 15) is 0 Å². The van der Waals surface area contributed by atoms with Gasteiger partial charge in [0, 0.05) is 4.47 Å². The third-order valence-corrected chi connectivity index (χ3v) is 3.42. The number of aryl methyl sites for hydroxylation is 1. The Balaban J connectivity index is 2.32. The lowest BCUT2D eigenvalue weighted by Gasteiger charge is -2.04. The molecule has 2 aromatic carbocycles. The average molecular weight is 291 g/mol. The summed E-state index contributed by atoms with van der Waals surface area (Å²) in [6.45, 7) is 2.08. The molecular formula is C14H11BrS. The van der Waals surface area contributed by atoms with Crippen LogP contribution >= 0.6 is 28.1 Å². The van der Waals surface area contributed by atoms with Gasteiger partial charge in [-0.15, -0.1) is 0 Å². The maximum absolute atomic E-state index is 5.46. The molecular weight excluding hydrogens is 280 g/mol. The molecule has 0 aliphatic heterocycles. The Kier molecular flexibility index (Phi) is 3.52. The first-order valence-corrected chi connectivity index (χ1v) is 6.24. The van der Waals surface area contributed by atoms with E-state index < -0.39 is 0 Å². The fraction of sp³-hybridized carbons (Fsp3) is 0.0714. The van der Waals surface area contributed by atoms with E-state index in [2.05, 4.69) is 47.1 Å². The van der Waals surface area contributed by atoms with Gasteiger partial charge in [0.1, 0.15) is 0 Å². The third-order valence-electron chi connectivity index (χ3n) is 2.42. The van der Waals surface area contributed by atoms with E-state index in [0.29, 0.717) is 0 Å². The summed E-state index contributed by atoms with van der Waals surface area (Å²) in [6.07, 6.45) is 0. The van der Waals surface area contributed by atoms with Crippen molar-refractivity contribution in [1.29, 1.82) is 0 Å². The van der Waals surface area contributed by atoms with Crippen LogP contribution in [-0.4, -0.2) is 4.86 Å². The molecule has 0 bridgehead atoms. The van der Waals surface area contributed by atoms with Crippen LogP contribution in [0.25, 0.3) is 0 Å². The summed E-state index contributed by atoms with van der Waals surface area (Å²) in [5.74, 6) is 0. The van der Waals surface area contributed by atoms with Gasteiger partial charge in [-0.2, -0.15) is 0 Å². The van der Waals surface area contributed by atoms with Crippen molar-refractivity contribution < 1.29 is 0 Å². The largest absolute Gasteiger partial charge is 0.0788 e. The van der Waals surface area contributed by atoms with Crippen LogP contribution in [-0.2, 0) is 0 Å². The van der Waals surface area contributed by atoms with Crippen LogP contribution in [0.5, 0.6) is 0 Å². The molecule has 0 amide bonds. The molecule has 0 nitrogen and oxygen atoms in total. The van der Waals surface area contributed by atoms with Gasteiger partial charge in [-0.25, -0.2) is 0 Å². The van der Waals surface area contributed by atoms with E-state index in [1.165, 1.54) is 5.56 Å². The maximum atomic E-state index is 5.46. The van der Waals surface area contributed by atoms with E-state index in [1.54, 1.807) is 0 Å². The van der Waals surface area contributed by atoms with Gasteiger partial charge in [-0.3, -0.25) is 0 Å². The lowest BCUT2D eigenvalue weighted by molar-refractivity contribution is 1.46. The molecule has 0 aliphatic rings. The molecule has 0 fully saturated rings. The molecule has 0 radical (unpaired) electrons. The van der Waals surface area contributed by atoms with Crippen LogP contribution in [0.3, 0.4) is 0 Å². The molecule has 80 valence electrons.